The van der Waals surface area contributed by atoms with E-state index >= 15 is 0 Å². The normalized spacial score (nSPS) is 21.6. The van der Waals surface area contributed by atoms with E-state index in [1.807, 2.05) is 54.6 Å². The number of aliphatic carboxylic acids is 1. The summed E-state index contributed by atoms with van der Waals surface area (Å²) in [6, 6.07) is 17.0. The van der Waals surface area contributed by atoms with Gasteiger partial charge in [-0.05, 0) is 41.5 Å². The second-order valence-corrected chi connectivity index (χ2v) is 11.4. The SMILES string of the molecule is CC(C)(C)C1CC(OCC(=O)[O-])CCN1CC1CN(c2ccc(CNC(=O)OCc3ccccc3)cc2)C(=O)O1. The highest BCUT2D eigenvalue weighted by atomic mass is 16.6. The van der Waals surface area contributed by atoms with E-state index in [-0.39, 0.29) is 36.4 Å². The molecule has 40 heavy (non-hydrogen) atoms. The van der Waals surface area contributed by atoms with Gasteiger partial charge in [-0.3, -0.25) is 9.80 Å². The molecule has 2 amide bonds. The minimum atomic E-state index is -1.21. The van der Waals surface area contributed by atoms with Crippen molar-refractivity contribution in [2.24, 2.45) is 5.41 Å². The number of nitrogens with zero attached hydrogens (tertiary/aromatic N) is 2. The third-order valence-electron chi connectivity index (χ3n) is 7.31. The van der Waals surface area contributed by atoms with E-state index in [9.17, 15) is 19.5 Å². The van der Waals surface area contributed by atoms with E-state index in [4.69, 9.17) is 14.2 Å². The van der Waals surface area contributed by atoms with Crippen molar-refractivity contribution in [3.05, 3.63) is 65.7 Å². The summed E-state index contributed by atoms with van der Waals surface area (Å²) in [5.41, 5.74) is 2.45. The molecule has 2 heterocycles. The molecule has 10 nitrogen and oxygen atoms in total. The number of carbonyl (C=O) groups is 3. The lowest BCUT2D eigenvalue weighted by Gasteiger charge is -2.46. The zero-order valence-corrected chi connectivity index (χ0v) is 23.3. The second-order valence-electron chi connectivity index (χ2n) is 11.4. The molecule has 2 aliphatic rings. The number of piperidine rings is 1. The number of cyclic esters (lactones) is 1. The number of hydrogen-bond acceptors (Lipinski definition) is 8. The molecule has 2 saturated heterocycles. The van der Waals surface area contributed by atoms with Gasteiger partial charge in [0.25, 0.3) is 0 Å². The van der Waals surface area contributed by atoms with E-state index in [1.165, 1.54) is 0 Å². The zero-order valence-electron chi connectivity index (χ0n) is 23.3. The van der Waals surface area contributed by atoms with Gasteiger partial charge in [0.1, 0.15) is 12.7 Å². The minimum absolute atomic E-state index is 0.0658. The van der Waals surface area contributed by atoms with Gasteiger partial charge in [-0.1, -0.05) is 63.2 Å². The summed E-state index contributed by atoms with van der Waals surface area (Å²) in [6.45, 7) is 8.30. The van der Waals surface area contributed by atoms with Gasteiger partial charge in [0.05, 0.1) is 25.2 Å². The molecule has 0 saturated carbocycles. The van der Waals surface area contributed by atoms with E-state index in [0.29, 0.717) is 32.5 Å². The van der Waals surface area contributed by atoms with Crippen molar-refractivity contribution in [1.82, 2.24) is 10.2 Å². The van der Waals surface area contributed by atoms with Gasteiger partial charge in [0.2, 0.25) is 0 Å². The molecule has 3 atom stereocenters. The summed E-state index contributed by atoms with van der Waals surface area (Å²) < 4.78 is 16.5. The molecule has 0 spiro atoms. The average Bonchev–Trinajstić information content (AvgIpc) is 3.30. The number of rotatable bonds is 10. The van der Waals surface area contributed by atoms with E-state index in [1.54, 1.807) is 4.90 Å². The monoisotopic (exact) mass is 552 g/mol. The lowest BCUT2D eigenvalue weighted by Crippen LogP contribution is -2.53. The van der Waals surface area contributed by atoms with Crippen LogP contribution in [0.4, 0.5) is 15.3 Å². The predicted molar refractivity (Wildman–Crippen MR) is 146 cm³/mol. The first-order valence-electron chi connectivity index (χ1n) is 13.7. The van der Waals surface area contributed by atoms with E-state index in [0.717, 1.165) is 23.4 Å². The smallest absolute Gasteiger partial charge is 0.414 e. The van der Waals surface area contributed by atoms with Crippen molar-refractivity contribution in [2.75, 3.05) is 31.1 Å². The van der Waals surface area contributed by atoms with Crippen LogP contribution in [0.25, 0.3) is 0 Å². The van der Waals surface area contributed by atoms with Crippen LogP contribution in [0.2, 0.25) is 0 Å². The molecule has 4 rings (SSSR count). The lowest BCUT2D eigenvalue weighted by atomic mass is 9.79. The molecule has 2 fully saturated rings. The van der Waals surface area contributed by atoms with Gasteiger partial charge in [0, 0.05) is 31.4 Å². The maximum atomic E-state index is 12.7. The first-order valence-corrected chi connectivity index (χ1v) is 13.7. The topological polar surface area (TPSA) is 120 Å². The third-order valence-corrected chi connectivity index (χ3v) is 7.31. The fraction of sp³-hybridized carbons (Fsp3) is 0.500. The second kappa shape index (κ2) is 13.1. The molecule has 0 bridgehead atoms. The average molecular weight is 553 g/mol. The summed E-state index contributed by atoms with van der Waals surface area (Å²) in [5, 5.41) is 13.6. The van der Waals surface area contributed by atoms with Crippen LogP contribution in [0.1, 0.15) is 44.7 Å². The number of benzene rings is 2. The maximum Gasteiger partial charge on any atom is 0.414 e. The van der Waals surface area contributed by atoms with Crippen molar-refractivity contribution in [3.8, 4) is 0 Å². The molecule has 2 aromatic rings. The summed E-state index contributed by atoms with van der Waals surface area (Å²) in [5.74, 6) is -1.21. The maximum absolute atomic E-state index is 12.7. The van der Waals surface area contributed by atoms with Crippen LogP contribution in [-0.2, 0) is 32.2 Å². The highest BCUT2D eigenvalue weighted by Crippen LogP contribution is 2.34. The van der Waals surface area contributed by atoms with Gasteiger partial charge < -0.3 is 29.4 Å². The van der Waals surface area contributed by atoms with Gasteiger partial charge in [-0.15, -0.1) is 0 Å². The highest BCUT2D eigenvalue weighted by Gasteiger charge is 2.40. The van der Waals surface area contributed by atoms with Gasteiger partial charge >= 0.3 is 12.2 Å². The first-order chi connectivity index (χ1) is 19.1. The van der Waals surface area contributed by atoms with Crippen LogP contribution >= 0.6 is 0 Å². The molecule has 1 N–H and O–H groups in total. The first kappa shape index (κ1) is 29.4. The highest BCUT2D eigenvalue weighted by molar-refractivity contribution is 5.89. The molecule has 0 aliphatic carbocycles. The summed E-state index contributed by atoms with van der Waals surface area (Å²) >= 11 is 0. The zero-order chi connectivity index (χ0) is 28.7. The Labute approximate surface area is 235 Å². The number of ether oxygens (including phenoxy) is 3. The van der Waals surface area contributed by atoms with Crippen molar-refractivity contribution in [1.29, 1.82) is 0 Å². The van der Waals surface area contributed by atoms with Crippen LogP contribution in [0.15, 0.2) is 54.6 Å². The van der Waals surface area contributed by atoms with Crippen LogP contribution in [0.5, 0.6) is 0 Å². The Hall–Kier alpha value is -3.63. The number of nitrogens with one attached hydrogen (secondary N) is 1. The van der Waals surface area contributed by atoms with Crippen LogP contribution < -0.4 is 15.3 Å². The van der Waals surface area contributed by atoms with Gasteiger partial charge in [-0.25, -0.2) is 9.59 Å². The third kappa shape index (κ3) is 8.19. The molecular formula is C30H38N3O7-. The molecule has 10 heteroatoms. The number of amides is 2. The summed E-state index contributed by atoms with van der Waals surface area (Å²) in [4.78, 5) is 39.5. The number of anilines is 1. The molecule has 2 aliphatic heterocycles. The molecule has 3 unspecified atom stereocenters. The molecule has 2 aromatic carbocycles. The number of alkyl carbamates (subject to hydrolysis) is 1. The Bertz CT molecular complexity index is 1150. The number of carboxylic acid groups (broad SMARTS) is 1. The molecular weight excluding hydrogens is 514 g/mol. The predicted octanol–water partition coefficient (Wildman–Crippen LogP) is 3.08. The summed E-state index contributed by atoms with van der Waals surface area (Å²) in [6.07, 6.45) is 0.0935. The lowest BCUT2D eigenvalue weighted by molar-refractivity contribution is -0.311. The fourth-order valence-corrected chi connectivity index (χ4v) is 5.27. The van der Waals surface area contributed by atoms with Crippen LogP contribution in [0, 0.1) is 5.41 Å². The van der Waals surface area contributed by atoms with Gasteiger partial charge in [-0.2, -0.15) is 0 Å². The van der Waals surface area contributed by atoms with Crippen molar-refractivity contribution in [3.63, 3.8) is 0 Å². The van der Waals surface area contributed by atoms with Crippen LogP contribution in [0.3, 0.4) is 0 Å². The minimum Gasteiger partial charge on any atom is -0.548 e. The fourth-order valence-electron chi connectivity index (χ4n) is 5.27. The van der Waals surface area contributed by atoms with E-state index < -0.39 is 18.7 Å². The Kier molecular flexibility index (Phi) is 9.65. The largest absolute Gasteiger partial charge is 0.548 e. The number of hydrogen-bond donors (Lipinski definition) is 1. The van der Waals surface area contributed by atoms with Gasteiger partial charge in [0.15, 0.2) is 0 Å². The standard InChI is InChI=1S/C30H39N3O7/c1-30(2,3)26-15-24(38-20-27(34)35)13-14-32(26)17-25-18-33(29(37)40-25)23-11-9-21(10-12-23)16-31-28(36)39-19-22-7-5-4-6-8-22/h4-12,24-26H,13-20H2,1-3H3,(H,31,36)(H,34,35)/p-1. The Morgan fingerprint density at radius 1 is 1.07 bits per heavy atom. The Morgan fingerprint density at radius 3 is 2.48 bits per heavy atom. The molecule has 216 valence electrons. The number of carboxylic acids is 1. The van der Waals surface area contributed by atoms with Crippen molar-refractivity contribution in [2.45, 2.75) is 65.0 Å². The number of likely N-dealkylation sites (tertiary alicyclic amines) is 1. The van der Waals surface area contributed by atoms with Crippen molar-refractivity contribution < 1.29 is 33.7 Å². The van der Waals surface area contributed by atoms with E-state index in [2.05, 4.69) is 31.0 Å². The Balaban J connectivity index is 1.27. The molecule has 0 radical (unpaired) electrons. The quantitative estimate of drug-likeness (QED) is 0.478. The summed E-state index contributed by atoms with van der Waals surface area (Å²) in [7, 11) is 0. The number of carbonyl (C=O) groups excluding carboxylic acids is 3. The van der Waals surface area contributed by atoms with Crippen LogP contribution in [-0.4, -0.2) is 67.5 Å². The Morgan fingerprint density at radius 2 is 1.80 bits per heavy atom. The van der Waals surface area contributed by atoms with Crippen molar-refractivity contribution >= 4 is 23.8 Å². The molecule has 0 aromatic heterocycles.